The standard InChI is InChI=1S/C39H75O9P/c1-3-5-7-9-11-13-15-16-17-18-19-20-22-24-26-28-30-32-45-35-38(36-47-49(43,44)46-34-37(41)33-40)48-39(42)31-29-27-25-23-21-14-12-10-8-6-4-2/h13,15,17-18,37-38,40-41H,3-12,14,16,19-36H2,1-2H3,(H,43,44)/b15-13-,18-17-. The van der Waals surface area contributed by atoms with Gasteiger partial charge in [-0.25, -0.2) is 4.57 Å². The molecule has 49 heavy (non-hydrogen) atoms. The van der Waals surface area contributed by atoms with Gasteiger partial charge in [-0.15, -0.1) is 0 Å². The Morgan fingerprint density at radius 2 is 1.10 bits per heavy atom. The lowest BCUT2D eigenvalue weighted by Gasteiger charge is -2.20. The van der Waals surface area contributed by atoms with Crippen molar-refractivity contribution in [2.75, 3.05) is 33.0 Å². The molecule has 0 fully saturated rings. The minimum Gasteiger partial charge on any atom is -0.457 e. The Labute approximate surface area is 300 Å². The van der Waals surface area contributed by atoms with Gasteiger partial charge in [0, 0.05) is 13.0 Å². The Balaban J connectivity index is 4.20. The van der Waals surface area contributed by atoms with Gasteiger partial charge in [0.2, 0.25) is 0 Å². The summed E-state index contributed by atoms with van der Waals surface area (Å²) in [4.78, 5) is 22.5. The van der Waals surface area contributed by atoms with Gasteiger partial charge in [-0.2, -0.15) is 0 Å². The van der Waals surface area contributed by atoms with Crippen LogP contribution in [0.3, 0.4) is 0 Å². The smallest absolute Gasteiger partial charge is 0.457 e. The van der Waals surface area contributed by atoms with Crippen molar-refractivity contribution in [1.82, 2.24) is 0 Å². The predicted molar refractivity (Wildman–Crippen MR) is 201 cm³/mol. The highest BCUT2D eigenvalue weighted by Crippen LogP contribution is 2.43. The molecule has 290 valence electrons. The lowest BCUT2D eigenvalue weighted by atomic mass is 10.1. The molecule has 3 N–H and O–H groups in total. The van der Waals surface area contributed by atoms with E-state index >= 15 is 0 Å². The van der Waals surface area contributed by atoms with Crippen LogP contribution in [-0.4, -0.2) is 66.3 Å². The van der Waals surface area contributed by atoms with E-state index in [1.807, 2.05) is 0 Å². The average Bonchev–Trinajstić information content (AvgIpc) is 3.09. The molecule has 0 aliphatic carbocycles. The number of aliphatic hydroxyl groups excluding tert-OH is 2. The summed E-state index contributed by atoms with van der Waals surface area (Å²) in [6.45, 7) is 3.47. The third-order valence-electron chi connectivity index (χ3n) is 8.39. The van der Waals surface area contributed by atoms with E-state index in [4.69, 9.17) is 23.6 Å². The summed E-state index contributed by atoms with van der Waals surface area (Å²) in [5.41, 5.74) is 0. The van der Waals surface area contributed by atoms with Gasteiger partial charge in [-0.3, -0.25) is 13.8 Å². The number of aliphatic hydroxyl groups is 2. The molecule has 0 saturated heterocycles. The molecule has 0 bridgehead atoms. The fraction of sp³-hybridized carbons (Fsp3) is 0.872. The number of rotatable bonds is 38. The van der Waals surface area contributed by atoms with Gasteiger partial charge < -0.3 is 24.6 Å². The molecule has 10 heteroatoms. The van der Waals surface area contributed by atoms with Crippen molar-refractivity contribution in [1.29, 1.82) is 0 Å². The molecule has 0 aromatic carbocycles. The number of allylic oxidation sites excluding steroid dienone is 4. The lowest BCUT2D eigenvalue weighted by molar-refractivity contribution is -0.154. The van der Waals surface area contributed by atoms with Crippen molar-refractivity contribution in [2.24, 2.45) is 0 Å². The average molecular weight is 719 g/mol. The number of phosphoric ester groups is 1. The zero-order valence-electron chi connectivity index (χ0n) is 31.4. The molecule has 0 aromatic heterocycles. The monoisotopic (exact) mass is 719 g/mol. The van der Waals surface area contributed by atoms with Crippen molar-refractivity contribution in [3.05, 3.63) is 24.3 Å². The van der Waals surface area contributed by atoms with Crippen molar-refractivity contribution >= 4 is 13.8 Å². The van der Waals surface area contributed by atoms with E-state index in [2.05, 4.69) is 38.2 Å². The number of unbranched alkanes of at least 4 members (excludes halogenated alkanes) is 20. The SMILES string of the molecule is CCCCCC/C=C\C/C=C\CCCCCCCCOCC(COP(=O)(O)OCC(O)CO)OC(=O)CCCCCCCCCCCCC. The summed E-state index contributed by atoms with van der Waals surface area (Å²) in [5, 5.41) is 18.3. The van der Waals surface area contributed by atoms with Crippen LogP contribution < -0.4 is 0 Å². The Morgan fingerprint density at radius 3 is 1.65 bits per heavy atom. The molecular weight excluding hydrogens is 643 g/mol. The Morgan fingerprint density at radius 1 is 0.633 bits per heavy atom. The van der Waals surface area contributed by atoms with E-state index in [0.29, 0.717) is 6.61 Å². The maximum absolute atomic E-state index is 12.5. The van der Waals surface area contributed by atoms with E-state index in [-0.39, 0.29) is 25.6 Å². The Kier molecular flexibility index (Phi) is 35.9. The lowest BCUT2D eigenvalue weighted by Crippen LogP contribution is -2.29. The van der Waals surface area contributed by atoms with E-state index < -0.39 is 33.2 Å². The maximum atomic E-state index is 12.5. The van der Waals surface area contributed by atoms with Crippen LogP contribution in [0.2, 0.25) is 0 Å². The molecule has 3 atom stereocenters. The van der Waals surface area contributed by atoms with Crippen molar-refractivity contribution in [3.63, 3.8) is 0 Å². The number of ether oxygens (including phenoxy) is 2. The third-order valence-corrected chi connectivity index (χ3v) is 9.34. The number of hydrogen-bond acceptors (Lipinski definition) is 8. The molecule has 0 rings (SSSR count). The first kappa shape index (κ1) is 47.9. The Bertz CT molecular complexity index is 820. The summed E-state index contributed by atoms with van der Waals surface area (Å²) in [6, 6.07) is 0. The highest BCUT2D eigenvalue weighted by Gasteiger charge is 2.26. The van der Waals surface area contributed by atoms with Crippen LogP contribution in [-0.2, 0) is 27.9 Å². The summed E-state index contributed by atoms with van der Waals surface area (Å²) in [7, 11) is -4.51. The number of hydrogen-bond donors (Lipinski definition) is 3. The normalized spacial score (nSPS) is 14.5. The van der Waals surface area contributed by atoms with Crippen LogP contribution in [0.25, 0.3) is 0 Å². The zero-order valence-corrected chi connectivity index (χ0v) is 32.3. The molecule has 0 heterocycles. The van der Waals surface area contributed by atoms with E-state index in [9.17, 15) is 19.4 Å². The second-order valence-electron chi connectivity index (χ2n) is 13.3. The van der Waals surface area contributed by atoms with Gasteiger partial charge in [-0.1, -0.05) is 147 Å². The molecule has 0 saturated carbocycles. The first-order chi connectivity index (χ1) is 23.8. The van der Waals surface area contributed by atoms with E-state index in [1.54, 1.807) is 0 Å². The molecule has 0 aliphatic heterocycles. The number of carbonyl (C=O) groups is 1. The van der Waals surface area contributed by atoms with E-state index in [1.165, 1.54) is 103 Å². The van der Waals surface area contributed by atoms with Crippen LogP contribution in [0.1, 0.15) is 174 Å². The fourth-order valence-electron chi connectivity index (χ4n) is 5.33. The minimum atomic E-state index is -4.51. The number of phosphoric acid groups is 1. The van der Waals surface area contributed by atoms with Crippen LogP contribution in [0.4, 0.5) is 0 Å². The first-order valence-electron chi connectivity index (χ1n) is 19.8. The van der Waals surface area contributed by atoms with Gasteiger partial charge in [-0.05, 0) is 44.9 Å². The molecule has 0 aromatic rings. The minimum absolute atomic E-state index is 0.0453. The maximum Gasteiger partial charge on any atom is 0.472 e. The fourth-order valence-corrected chi connectivity index (χ4v) is 6.12. The Hall–Kier alpha value is -1.06. The van der Waals surface area contributed by atoms with Crippen molar-refractivity contribution < 1.29 is 43.0 Å². The summed E-state index contributed by atoms with van der Waals surface area (Å²) in [6.07, 6.45) is 35.6. The summed E-state index contributed by atoms with van der Waals surface area (Å²) in [5.74, 6) is -0.387. The van der Waals surface area contributed by atoms with Crippen LogP contribution in [0.5, 0.6) is 0 Å². The molecule has 3 unspecified atom stereocenters. The highest BCUT2D eigenvalue weighted by atomic mass is 31.2. The summed E-state index contributed by atoms with van der Waals surface area (Å²) >= 11 is 0. The van der Waals surface area contributed by atoms with E-state index in [0.717, 1.165) is 51.4 Å². The topological polar surface area (TPSA) is 132 Å². The van der Waals surface area contributed by atoms with Crippen LogP contribution >= 0.6 is 7.82 Å². The van der Waals surface area contributed by atoms with Gasteiger partial charge in [0.25, 0.3) is 0 Å². The van der Waals surface area contributed by atoms with Gasteiger partial charge in [0.05, 0.1) is 26.4 Å². The van der Waals surface area contributed by atoms with Crippen LogP contribution in [0, 0.1) is 0 Å². The number of carbonyl (C=O) groups excluding carboxylic acids is 1. The van der Waals surface area contributed by atoms with Crippen LogP contribution in [0.15, 0.2) is 24.3 Å². The second kappa shape index (κ2) is 36.7. The zero-order chi connectivity index (χ0) is 36.1. The molecule has 0 amide bonds. The summed E-state index contributed by atoms with van der Waals surface area (Å²) < 4.78 is 33.2. The second-order valence-corrected chi connectivity index (χ2v) is 14.8. The number of esters is 1. The third kappa shape index (κ3) is 36.5. The van der Waals surface area contributed by atoms with Gasteiger partial charge in [0.1, 0.15) is 12.2 Å². The molecule has 0 aliphatic rings. The quantitative estimate of drug-likeness (QED) is 0.0247. The van der Waals surface area contributed by atoms with Gasteiger partial charge >= 0.3 is 13.8 Å². The van der Waals surface area contributed by atoms with Gasteiger partial charge in [0.15, 0.2) is 0 Å². The highest BCUT2D eigenvalue weighted by molar-refractivity contribution is 7.47. The molecular formula is C39H75O9P. The first-order valence-corrected chi connectivity index (χ1v) is 21.3. The molecule has 9 nitrogen and oxygen atoms in total. The van der Waals surface area contributed by atoms with Crippen molar-refractivity contribution in [3.8, 4) is 0 Å². The molecule has 0 radical (unpaired) electrons. The predicted octanol–water partition coefficient (Wildman–Crippen LogP) is 10.3. The molecule has 0 spiro atoms. The van der Waals surface area contributed by atoms with Crippen molar-refractivity contribution in [2.45, 2.75) is 187 Å². The largest absolute Gasteiger partial charge is 0.472 e.